The number of piperidine rings is 1. The number of carbonyl (C=O) groups excluding carboxylic acids is 5. The number of ether oxygens (including phenoxy) is 5. The van der Waals surface area contributed by atoms with E-state index >= 15 is 0 Å². The summed E-state index contributed by atoms with van der Waals surface area (Å²) >= 11 is 0. The van der Waals surface area contributed by atoms with Gasteiger partial charge in [0.25, 0.3) is 11.7 Å². The van der Waals surface area contributed by atoms with Crippen molar-refractivity contribution in [3.05, 3.63) is 47.6 Å². The average Bonchev–Trinajstić information content (AvgIpc) is 3.28. The van der Waals surface area contributed by atoms with E-state index in [9.17, 15) is 39.3 Å². The summed E-state index contributed by atoms with van der Waals surface area (Å²) in [5.74, 6) is -8.05. The number of amides is 1. The van der Waals surface area contributed by atoms with Crippen LogP contribution in [0.25, 0.3) is 0 Å². The molecule has 3 N–H and O–H groups in total. The third kappa shape index (κ3) is 14.3. The van der Waals surface area contributed by atoms with Gasteiger partial charge >= 0.3 is 5.97 Å². The van der Waals surface area contributed by atoms with Crippen molar-refractivity contribution < 1.29 is 63.0 Å². The second-order valence-electron chi connectivity index (χ2n) is 19.6. The number of aliphatic hydroxyl groups excluding tert-OH is 2. The van der Waals surface area contributed by atoms with Crippen molar-refractivity contribution in [1.29, 1.82) is 0 Å². The van der Waals surface area contributed by atoms with Crippen molar-refractivity contribution in [2.45, 2.75) is 180 Å². The van der Waals surface area contributed by atoms with Crippen LogP contribution in [0, 0.1) is 35.5 Å². The Kier molecular flexibility index (Phi) is 21.0. The Balaban J connectivity index is 1.70. The maximum Gasteiger partial charge on any atom is 0.329 e. The number of hydrogen-bond donors (Lipinski definition) is 3. The van der Waals surface area contributed by atoms with Crippen LogP contribution in [-0.4, -0.2) is 132 Å². The molecule has 3 aliphatic heterocycles. The van der Waals surface area contributed by atoms with Crippen molar-refractivity contribution in [2.75, 3.05) is 27.9 Å². The first-order chi connectivity index (χ1) is 30.7. The fourth-order valence-corrected chi connectivity index (χ4v) is 10.1. The van der Waals surface area contributed by atoms with E-state index in [1.54, 1.807) is 41.1 Å². The minimum absolute atomic E-state index is 0.0187. The van der Waals surface area contributed by atoms with Gasteiger partial charge in [-0.25, -0.2) is 4.79 Å². The highest BCUT2D eigenvalue weighted by atomic mass is 16.6. The number of hydrogen-bond acceptors (Lipinski definition) is 13. The first-order valence-electron chi connectivity index (χ1n) is 23.9. The minimum Gasteiger partial charge on any atom is -0.460 e. The summed E-state index contributed by atoms with van der Waals surface area (Å²) in [6.07, 6.45) is 11.2. The molecule has 2 saturated heterocycles. The fraction of sp³-hybridized carbons (Fsp3) is 0.745. The van der Waals surface area contributed by atoms with Gasteiger partial charge in [-0.2, -0.15) is 0 Å². The molecule has 65 heavy (non-hydrogen) atoms. The predicted octanol–water partition coefficient (Wildman–Crippen LogP) is 6.18. The Hall–Kier alpha value is -3.37. The molecular formula is C51H79NO13. The first kappa shape index (κ1) is 54.2. The molecule has 4 rings (SSSR count). The summed E-state index contributed by atoms with van der Waals surface area (Å²) < 4.78 is 29.2. The molecule has 14 nitrogen and oxygen atoms in total. The molecule has 0 spiro atoms. The van der Waals surface area contributed by atoms with Crippen LogP contribution in [0.5, 0.6) is 0 Å². The molecule has 1 amide bonds. The maximum atomic E-state index is 14.4. The number of aliphatic hydroxyl groups is 3. The molecule has 3 heterocycles. The minimum atomic E-state index is -2.43. The SMILES string of the molecule is COC1CC2CCC(C)C(O)(O2)C(=O)C(=O)N2CCCCC2C(=O)OC(C(C)CC2CCC(OC)C(O)C2)CC(=O)C(C)C=C(C)C(O)C(OC)C(=O)C(C)CC(C)C=CC=CC=C1C. The van der Waals surface area contributed by atoms with E-state index in [4.69, 9.17) is 23.7 Å². The van der Waals surface area contributed by atoms with Gasteiger partial charge in [-0.05, 0) is 107 Å². The van der Waals surface area contributed by atoms with Gasteiger partial charge in [0, 0.05) is 58.5 Å². The number of methoxy groups -OCH3 is 3. The molecule has 0 aromatic rings. The Labute approximate surface area is 387 Å². The van der Waals surface area contributed by atoms with Crippen molar-refractivity contribution >= 4 is 29.2 Å². The summed E-state index contributed by atoms with van der Waals surface area (Å²) in [5.41, 5.74) is 1.26. The molecule has 0 radical (unpaired) electrons. The zero-order chi connectivity index (χ0) is 48.2. The molecule has 3 fully saturated rings. The summed E-state index contributed by atoms with van der Waals surface area (Å²) in [4.78, 5) is 71.7. The molecule has 2 bridgehead atoms. The molecule has 0 aromatic carbocycles. The molecule has 15 atom stereocenters. The lowest BCUT2D eigenvalue weighted by Crippen LogP contribution is -2.61. The average molecular weight is 914 g/mol. The smallest absolute Gasteiger partial charge is 0.329 e. The van der Waals surface area contributed by atoms with E-state index in [2.05, 4.69) is 0 Å². The van der Waals surface area contributed by atoms with Crippen molar-refractivity contribution in [3.63, 3.8) is 0 Å². The van der Waals surface area contributed by atoms with E-state index in [0.29, 0.717) is 63.4 Å². The molecule has 1 saturated carbocycles. The van der Waals surface area contributed by atoms with Gasteiger partial charge in [0.2, 0.25) is 5.79 Å². The lowest BCUT2D eigenvalue weighted by atomic mass is 9.78. The zero-order valence-electron chi connectivity index (χ0n) is 40.6. The number of ketones is 3. The second-order valence-corrected chi connectivity index (χ2v) is 19.6. The summed E-state index contributed by atoms with van der Waals surface area (Å²) in [6, 6.07) is -1.14. The molecule has 0 aromatic heterocycles. The number of cyclic esters (lactones) is 1. The summed E-state index contributed by atoms with van der Waals surface area (Å²) in [6.45, 7) is 12.7. The van der Waals surface area contributed by atoms with Crippen LogP contribution in [0.15, 0.2) is 47.6 Å². The number of rotatable bonds is 6. The number of fused-ring (bicyclic) bond motifs is 3. The third-order valence-electron chi connectivity index (χ3n) is 14.5. The normalized spacial score (nSPS) is 37.8. The molecule has 1 aliphatic carbocycles. The van der Waals surface area contributed by atoms with Crippen LogP contribution >= 0.6 is 0 Å². The molecule has 366 valence electrons. The fourth-order valence-electron chi connectivity index (χ4n) is 10.1. The number of nitrogens with zero attached hydrogens (tertiary/aromatic N) is 1. The Morgan fingerprint density at radius 2 is 1.57 bits per heavy atom. The van der Waals surface area contributed by atoms with Crippen LogP contribution in [0.2, 0.25) is 0 Å². The van der Waals surface area contributed by atoms with E-state index in [1.165, 1.54) is 12.0 Å². The van der Waals surface area contributed by atoms with Crippen LogP contribution < -0.4 is 0 Å². The van der Waals surface area contributed by atoms with Crippen LogP contribution in [0.1, 0.15) is 126 Å². The quantitative estimate of drug-likeness (QED) is 0.156. The number of carbonyl (C=O) groups is 5. The van der Waals surface area contributed by atoms with Gasteiger partial charge in [-0.3, -0.25) is 19.2 Å². The summed E-state index contributed by atoms with van der Waals surface area (Å²) in [7, 11) is 4.53. The zero-order valence-corrected chi connectivity index (χ0v) is 40.6. The van der Waals surface area contributed by atoms with Gasteiger partial charge in [-0.15, -0.1) is 0 Å². The largest absolute Gasteiger partial charge is 0.460 e. The highest BCUT2D eigenvalue weighted by Gasteiger charge is 2.53. The monoisotopic (exact) mass is 914 g/mol. The van der Waals surface area contributed by atoms with Crippen molar-refractivity contribution in [2.24, 2.45) is 35.5 Å². The van der Waals surface area contributed by atoms with Gasteiger partial charge in [0.05, 0.1) is 24.4 Å². The third-order valence-corrected chi connectivity index (χ3v) is 14.5. The Bertz CT molecular complexity index is 1760. The Morgan fingerprint density at radius 1 is 0.846 bits per heavy atom. The van der Waals surface area contributed by atoms with Gasteiger partial charge in [0.15, 0.2) is 5.78 Å². The first-order valence-corrected chi connectivity index (χ1v) is 23.9. The molecule has 15 unspecified atom stereocenters. The second kappa shape index (κ2) is 25.1. The van der Waals surface area contributed by atoms with E-state index in [0.717, 1.165) is 12.0 Å². The van der Waals surface area contributed by atoms with Crippen LogP contribution in [0.3, 0.4) is 0 Å². The van der Waals surface area contributed by atoms with Crippen LogP contribution in [-0.2, 0) is 47.7 Å². The Morgan fingerprint density at radius 3 is 2.23 bits per heavy atom. The molecule has 4 aliphatic rings. The molecular weight excluding hydrogens is 835 g/mol. The molecule has 14 heteroatoms. The van der Waals surface area contributed by atoms with E-state index in [1.807, 2.05) is 58.1 Å². The standard InChI is InChI=1S/C51H79NO13/c1-30-16-12-11-13-17-31(2)43(62-9)28-38-21-19-36(7)51(60,65-38)48(57)49(58)52-23-15-14-18-39(52)50(59)64-44(33(4)26-37-20-22-42(61-8)41(54)27-37)29-40(53)32(3)25-35(6)46(56)47(63-10)45(55)34(5)24-30/h11-13,16-17,25,30,32-34,36-39,41-44,46-47,54,56,60H,14-15,18-24,26-29H2,1-10H3. The number of esters is 1. The van der Waals surface area contributed by atoms with Gasteiger partial charge in [0.1, 0.15) is 30.1 Å². The topological polar surface area (TPSA) is 195 Å². The van der Waals surface area contributed by atoms with Gasteiger partial charge < -0.3 is 43.9 Å². The lowest BCUT2D eigenvalue weighted by molar-refractivity contribution is -0.265. The van der Waals surface area contributed by atoms with E-state index < -0.39 is 83.9 Å². The number of Topliss-reactive ketones (excluding diaryl/α,β-unsaturated/α-hetero) is 3. The van der Waals surface area contributed by atoms with Crippen molar-refractivity contribution in [3.8, 4) is 0 Å². The highest BCUT2D eigenvalue weighted by Crippen LogP contribution is 2.38. The van der Waals surface area contributed by atoms with Crippen LogP contribution in [0.4, 0.5) is 0 Å². The summed E-state index contributed by atoms with van der Waals surface area (Å²) in [5, 5.41) is 34.1. The van der Waals surface area contributed by atoms with Crippen molar-refractivity contribution in [1.82, 2.24) is 4.90 Å². The van der Waals surface area contributed by atoms with Gasteiger partial charge in [-0.1, -0.05) is 71.1 Å². The lowest BCUT2D eigenvalue weighted by Gasteiger charge is -2.42. The number of allylic oxidation sites excluding steroid dienone is 6. The van der Waals surface area contributed by atoms with E-state index in [-0.39, 0.29) is 54.8 Å². The predicted molar refractivity (Wildman–Crippen MR) is 245 cm³/mol. The maximum absolute atomic E-state index is 14.4. The highest BCUT2D eigenvalue weighted by molar-refractivity contribution is 6.39.